The van der Waals surface area contributed by atoms with Crippen LogP contribution in [0.3, 0.4) is 0 Å². The maximum atomic E-state index is 13.0. The van der Waals surface area contributed by atoms with Crippen LogP contribution in [0.2, 0.25) is 0 Å². The Kier molecular flexibility index (Phi) is 3.52. The van der Waals surface area contributed by atoms with Gasteiger partial charge in [0.1, 0.15) is 18.7 Å². The molecule has 3 aromatic rings. The number of hydrogen-bond acceptors (Lipinski definition) is 5. The number of halogens is 1. The number of hydrogen-bond donors (Lipinski definition) is 0. The van der Waals surface area contributed by atoms with Crippen LogP contribution in [0.5, 0.6) is 0 Å². The Hall–Kier alpha value is -3.10. The molecule has 3 heterocycles. The molecule has 0 unspecified atom stereocenters. The van der Waals surface area contributed by atoms with E-state index in [4.69, 9.17) is 0 Å². The van der Waals surface area contributed by atoms with Crippen LogP contribution in [0.4, 0.5) is 4.39 Å². The lowest BCUT2D eigenvalue weighted by molar-refractivity contribution is -0.132. The largest absolute Gasteiger partial charge is 0.331 e. The summed E-state index contributed by atoms with van der Waals surface area (Å²) < 4.78 is 16.3. The van der Waals surface area contributed by atoms with Crippen molar-refractivity contribution < 1.29 is 9.18 Å². The Morgan fingerprint density at radius 1 is 1.21 bits per heavy atom. The van der Waals surface area contributed by atoms with E-state index < -0.39 is 0 Å². The van der Waals surface area contributed by atoms with Gasteiger partial charge in [0, 0.05) is 12.1 Å². The number of rotatable bonds is 4. The Morgan fingerprint density at radius 3 is 2.79 bits per heavy atom. The van der Waals surface area contributed by atoms with Gasteiger partial charge in [0.15, 0.2) is 0 Å². The van der Waals surface area contributed by atoms with Crippen LogP contribution in [0, 0.1) is 5.82 Å². The number of fused-ring (bicyclic) bond motifs is 1. The van der Waals surface area contributed by atoms with Crippen molar-refractivity contribution in [2.45, 2.75) is 26.2 Å². The standard InChI is InChI=1S/C15H14FN7O/c16-13-3-1-11(2-4-13)6-23-14-8-21(7-12(14)5-18-23)15(24)9-22-10-17-19-20-22/h1-5,10H,6-9H2. The number of amides is 1. The number of carbonyl (C=O) groups excluding carboxylic acids is 1. The topological polar surface area (TPSA) is 81.7 Å². The molecule has 24 heavy (non-hydrogen) atoms. The van der Waals surface area contributed by atoms with E-state index in [1.807, 2.05) is 4.68 Å². The third-order valence-corrected chi connectivity index (χ3v) is 4.02. The van der Waals surface area contributed by atoms with Crippen molar-refractivity contribution in [1.29, 1.82) is 0 Å². The number of carbonyl (C=O) groups is 1. The lowest BCUT2D eigenvalue weighted by Gasteiger charge is -2.15. The van der Waals surface area contributed by atoms with Gasteiger partial charge in [-0.05, 0) is 28.1 Å². The van der Waals surface area contributed by atoms with Gasteiger partial charge in [-0.2, -0.15) is 5.10 Å². The smallest absolute Gasteiger partial charge is 0.245 e. The summed E-state index contributed by atoms with van der Waals surface area (Å²) in [6, 6.07) is 6.33. The molecule has 0 radical (unpaired) electrons. The summed E-state index contributed by atoms with van der Waals surface area (Å²) in [5.74, 6) is -0.310. The number of aromatic nitrogens is 6. The van der Waals surface area contributed by atoms with Gasteiger partial charge in [-0.15, -0.1) is 5.10 Å². The number of nitrogens with zero attached hydrogens (tertiary/aromatic N) is 7. The van der Waals surface area contributed by atoms with Crippen molar-refractivity contribution in [3.05, 3.63) is 59.4 Å². The summed E-state index contributed by atoms with van der Waals surface area (Å²) in [6.45, 7) is 1.69. The van der Waals surface area contributed by atoms with E-state index in [0.29, 0.717) is 19.6 Å². The van der Waals surface area contributed by atoms with Crippen molar-refractivity contribution in [3.63, 3.8) is 0 Å². The molecular formula is C15H14FN7O. The molecule has 1 aromatic carbocycles. The van der Waals surface area contributed by atoms with E-state index in [1.54, 1.807) is 23.2 Å². The SMILES string of the molecule is O=C(Cn1cnnn1)N1Cc2cnn(Cc3ccc(F)cc3)c2C1. The molecule has 4 rings (SSSR count). The first-order valence-electron chi connectivity index (χ1n) is 7.45. The van der Waals surface area contributed by atoms with E-state index in [1.165, 1.54) is 23.1 Å². The predicted octanol–water partition coefficient (Wildman–Crippen LogP) is 0.599. The van der Waals surface area contributed by atoms with Crippen LogP contribution < -0.4 is 0 Å². The zero-order valence-corrected chi connectivity index (χ0v) is 12.7. The third kappa shape index (κ3) is 2.75. The highest BCUT2D eigenvalue weighted by atomic mass is 19.1. The van der Waals surface area contributed by atoms with Crippen LogP contribution in [0.25, 0.3) is 0 Å². The fourth-order valence-corrected chi connectivity index (χ4v) is 2.77. The van der Waals surface area contributed by atoms with Gasteiger partial charge >= 0.3 is 0 Å². The molecule has 0 saturated heterocycles. The van der Waals surface area contributed by atoms with Crippen molar-refractivity contribution in [1.82, 2.24) is 34.9 Å². The van der Waals surface area contributed by atoms with Crippen LogP contribution in [0.1, 0.15) is 16.8 Å². The molecule has 0 saturated carbocycles. The zero-order valence-electron chi connectivity index (χ0n) is 12.7. The molecule has 0 fully saturated rings. The maximum Gasteiger partial charge on any atom is 0.245 e. The Bertz CT molecular complexity index is 857. The molecule has 2 aromatic heterocycles. The van der Waals surface area contributed by atoms with Crippen molar-refractivity contribution in [2.75, 3.05) is 0 Å². The summed E-state index contributed by atoms with van der Waals surface area (Å²) in [5, 5.41) is 15.1. The normalized spacial score (nSPS) is 13.3. The van der Waals surface area contributed by atoms with Gasteiger partial charge in [-0.25, -0.2) is 9.07 Å². The molecule has 0 bridgehead atoms. The van der Waals surface area contributed by atoms with E-state index in [2.05, 4.69) is 20.6 Å². The molecule has 1 aliphatic rings. The first-order valence-corrected chi connectivity index (χ1v) is 7.45. The summed E-state index contributed by atoms with van der Waals surface area (Å²) in [5.41, 5.74) is 2.99. The van der Waals surface area contributed by atoms with E-state index >= 15 is 0 Å². The molecule has 0 spiro atoms. The highest BCUT2D eigenvalue weighted by Crippen LogP contribution is 2.23. The minimum Gasteiger partial charge on any atom is -0.331 e. The molecule has 8 nitrogen and oxygen atoms in total. The number of tetrazole rings is 1. The molecule has 1 amide bonds. The average molecular weight is 327 g/mol. The van der Waals surface area contributed by atoms with Gasteiger partial charge < -0.3 is 4.90 Å². The second-order valence-corrected chi connectivity index (χ2v) is 5.66. The van der Waals surface area contributed by atoms with Crippen LogP contribution in [0.15, 0.2) is 36.8 Å². The van der Waals surface area contributed by atoms with E-state index in [-0.39, 0.29) is 18.3 Å². The third-order valence-electron chi connectivity index (χ3n) is 4.02. The zero-order chi connectivity index (χ0) is 16.5. The molecule has 0 atom stereocenters. The van der Waals surface area contributed by atoms with Gasteiger partial charge in [0.05, 0.1) is 25.0 Å². The Morgan fingerprint density at radius 2 is 2.04 bits per heavy atom. The highest BCUT2D eigenvalue weighted by Gasteiger charge is 2.27. The molecule has 9 heteroatoms. The molecule has 122 valence electrons. The fourth-order valence-electron chi connectivity index (χ4n) is 2.77. The van der Waals surface area contributed by atoms with Gasteiger partial charge in [-0.1, -0.05) is 12.1 Å². The van der Waals surface area contributed by atoms with E-state index in [0.717, 1.165) is 16.8 Å². The van der Waals surface area contributed by atoms with Gasteiger partial charge in [-0.3, -0.25) is 9.48 Å². The quantitative estimate of drug-likeness (QED) is 0.701. The second-order valence-electron chi connectivity index (χ2n) is 5.66. The second kappa shape index (κ2) is 5.84. The summed E-state index contributed by atoms with van der Waals surface area (Å²) in [6.07, 6.45) is 3.19. The molecule has 1 aliphatic heterocycles. The lowest BCUT2D eigenvalue weighted by Crippen LogP contribution is -2.30. The Balaban J connectivity index is 1.46. The fraction of sp³-hybridized carbons (Fsp3) is 0.267. The molecule has 0 N–H and O–H groups in total. The van der Waals surface area contributed by atoms with Gasteiger partial charge in [0.25, 0.3) is 0 Å². The lowest BCUT2D eigenvalue weighted by atomic mass is 10.2. The average Bonchev–Trinajstić information content (AvgIpc) is 3.28. The molecular weight excluding hydrogens is 313 g/mol. The van der Waals surface area contributed by atoms with Crippen molar-refractivity contribution >= 4 is 5.91 Å². The van der Waals surface area contributed by atoms with Crippen molar-refractivity contribution in [3.8, 4) is 0 Å². The first kappa shape index (κ1) is 14.5. The van der Waals surface area contributed by atoms with Crippen LogP contribution in [-0.4, -0.2) is 40.8 Å². The minimum atomic E-state index is -0.260. The summed E-state index contributed by atoms with van der Waals surface area (Å²) in [4.78, 5) is 14.1. The van der Waals surface area contributed by atoms with Gasteiger partial charge in [0.2, 0.25) is 5.91 Å². The van der Waals surface area contributed by atoms with E-state index in [9.17, 15) is 9.18 Å². The minimum absolute atomic E-state index is 0.0492. The number of benzene rings is 1. The van der Waals surface area contributed by atoms with Crippen LogP contribution in [-0.2, 0) is 31.0 Å². The predicted molar refractivity (Wildman–Crippen MR) is 79.8 cm³/mol. The summed E-state index contributed by atoms with van der Waals surface area (Å²) >= 11 is 0. The monoisotopic (exact) mass is 327 g/mol. The Labute approximate surface area is 136 Å². The maximum absolute atomic E-state index is 13.0. The van der Waals surface area contributed by atoms with Crippen molar-refractivity contribution in [2.24, 2.45) is 0 Å². The highest BCUT2D eigenvalue weighted by molar-refractivity contribution is 5.76. The summed E-state index contributed by atoms with van der Waals surface area (Å²) in [7, 11) is 0. The van der Waals surface area contributed by atoms with Crippen LogP contribution >= 0.6 is 0 Å². The first-order chi connectivity index (χ1) is 11.7. The molecule has 0 aliphatic carbocycles.